The van der Waals surface area contributed by atoms with Gasteiger partial charge in [0, 0.05) is 20.0 Å². The fraction of sp³-hybridized carbons (Fsp3) is 0.238. The molecule has 1 aliphatic rings. The van der Waals surface area contributed by atoms with Gasteiger partial charge in [-0.25, -0.2) is 28.7 Å². The number of hydrogen-bond donors (Lipinski definition) is 2. The summed E-state index contributed by atoms with van der Waals surface area (Å²) >= 11 is 0. The number of halogens is 2. The van der Waals surface area contributed by atoms with Gasteiger partial charge in [-0.05, 0) is 25.0 Å². The molecule has 2 heterocycles. The van der Waals surface area contributed by atoms with E-state index in [9.17, 15) is 18.4 Å². The van der Waals surface area contributed by atoms with Crippen LogP contribution in [0.1, 0.15) is 45.3 Å². The van der Waals surface area contributed by atoms with Crippen LogP contribution in [-0.2, 0) is 0 Å². The van der Waals surface area contributed by atoms with Crippen molar-refractivity contribution < 1.29 is 18.4 Å². The fourth-order valence-corrected chi connectivity index (χ4v) is 2.99. The number of hydrogen-bond acceptors (Lipinski definition) is 7. The molecule has 0 saturated heterocycles. The number of benzene rings is 1. The predicted octanol–water partition coefficient (Wildman–Crippen LogP) is 3.12. The lowest BCUT2D eigenvalue weighted by molar-refractivity contribution is 0.0828. The van der Waals surface area contributed by atoms with E-state index in [0.29, 0.717) is 11.4 Å². The van der Waals surface area contributed by atoms with Gasteiger partial charge in [0.25, 0.3) is 11.8 Å². The summed E-state index contributed by atoms with van der Waals surface area (Å²) in [5.41, 5.74) is 0.177. The van der Waals surface area contributed by atoms with Crippen molar-refractivity contribution in [2.45, 2.75) is 18.8 Å². The Bertz CT molecular complexity index is 1180. The molecule has 2 amide bonds. The molecule has 2 aromatic heterocycles. The van der Waals surface area contributed by atoms with Crippen molar-refractivity contribution in [3.05, 3.63) is 65.6 Å². The molecule has 0 unspecified atom stereocenters. The van der Waals surface area contributed by atoms with E-state index in [4.69, 9.17) is 0 Å². The highest BCUT2D eigenvalue weighted by Crippen LogP contribution is 2.39. The normalized spacial score (nSPS) is 12.9. The van der Waals surface area contributed by atoms with E-state index >= 15 is 0 Å². The van der Waals surface area contributed by atoms with E-state index in [1.54, 1.807) is 6.20 Å². The van der Waals surface area contributed by atoms with Gasteiger partial charge in [-0.15, -0.1) is 0 Å². The molecule has 3 aromatic rings. The van der Waals surface area contributed by atoms with Crippen molar-refractivity contribution in [2.24, 2.45) is 0 Å². The first-order valence-corrected chi connectivity index (χ1v) is 9.75. The first-order valence-electron chi connectivity index (χ1n) is 9.75. The van der Waals surface area contributed by atoms with Crippen LogP contribution in [0.4, 0.5) is 26.0 Å². The monoisotopic (exact) mass is 439 g/mol. The van der Waals surface area contributed by atoms with Crippen LogP contribution in [0.3, 0.4) is 0 Å². The number of rotatable bonds is 6. The largest absolute Gasteiger partial charge is 0.345 e. The summed E-state index contributed by atoms with van der Waals surface area (Å²) in [6, 6.07) is 1.95. The molecule has 1 aliphatic carbocycles. The summed E-state index contributed by atoms with van der Waals surface area (Å²) in [4.78, 5) is 43.2. The summed E-state index contributed by atoms with van der Waals surface area (Å²) < 4.78 is 28.5. The Morgan fingerprint density at radius 3 is 2.47 bits per heavy atom. The van der Waals surface area contributed by atoms with E-state index in [2.05, 4.69) is 30.6 Å². The zero-order valence-electron chi connectivity index (χ0n) is 17.3. The average Bonchev–Trinajstić information content (AvgIpc) is 3.63. The minimum Gasteiger partial charge on any atom is -0.345 e. The van der Waals surface area contributed by atoms with Gasteiger partial charge in [0.2, 0.25) is 0 Å². The molecular formula is C21H19F2N7O2. The van der Waals surface area contributed by atoms with Gasteiger partial charge in [-0.3, -0.25) is 9.59 Å². The van der Waals surface area contributed by atoms with Crippen molar-refractivity contribution in [1.82, 2.24) is 24.8 Å². The molecule has 1 saturated carbocycles. The van der Waals surface area contributed by atoms with Crippen LogP contribution in [0.25, 0.3) is 0 Å². The molecule has 0 spiro atoms. The van der Waals surface area contributed by atoms with Crippen molar-refractivity contribution in [3.8, 4) is 0 Å². The van der Waals surface area contributed by atoms with E-state index in [1.165, 1.54) is 37.7 Å². The quantitative estimate of drug-likeness (QED) is 0.607. The SMILES string of the molecule is CN(C)C(=O)c1ccc(F)c(F)c1NC(=O)c1nc(C2CC2)cnc1Nc1cncnc1. The molecular weight excluding hydrogens is 420 g/mol. The second kappa shape index (κ2) is 8.61. The summed E-state index contributed by atoms with van der Waals surface area (Å²) in [5, 5.41) is 5.21. The Balaban J connectivity index is 1.72. The number of anilines is 3. The third-order valence-corrected chi connectivity index (χ3v) is 4.80. The fourth-order valence-electron chi connectivity index (χ4n) is 2.99. The van der Waals surface area contributed by atoms with Crippen LogP contribution in [0, 0.1) is 11.6 Å². The van der Waals surface area contributed by atoms with Crippen LogP contribution >= 0.6 is 0 Å². The number of amides is 2. The van der Waals surface area contributed by atoms with Gasteiger partial charge in [0.15, 0.2) is 23.1 Å². The van der Waals surface area contributed by atoms with Crippen LogP contribution in [0.2, 0.25) is 0 Å². The smallest absolute Gasteiger partial charge is 0.278 e. The van der Waals surface area contributed by atoms with Crippen LogP contribution in [-0.4, -0.2) is 50.7 Å². The molecule has 1 fully saturated rings. The van der Waals surface area contributed by atoms with Gasteiger partial charge < -0.3 is 15.5 Å². The van der Waals surface area contributed by atoms with E-state index in [0.717, 1.165) is 25.0 Å². The summed E-state index contributed by atoms with van der Waals surface area (Å²) in [5.74, 6) is -3.72. The maximum atomic E-state index is 14.6. The van der Waals surface area contributed by atoms with Crippen molar-refractivity contribution in [3.63, 3.8) is 0 Å². The topological polar surface area (TPSA) is 113 Å². The third kappa shape index (κ3) is 4.36. The second-order valence-electron chi connectivity index (χ2n) is 7.46. The number of nitrogens with one attached hydrogen (secondary N) is 2. The van der Waals surface area contributed by atoms with Gasteiger partial charge >= 0.3 is 0 Å². The molecule has 164 valence electrons. The molecule has 11 heteroatoms. The molecule has 4 rings (SSSR count). The van der Waals surface area contributed by atoms with Crippen molar-refractivity contribution in [1.29, 1.82) is 0 Å². The average molecular weight is 439 g/mol. The molecule has 9 nitrogen and oxygen atoms in total. The van der Waals surface area contributed by atoms with Crippen molar-refractivity contribution >= 4 is 29.0 Å². The first kappa shape index (κ1) is 21.2. The lowest BCUT2D eigenvalue weighted by atomic mass is 10.1. The van der Waals surface area contributed by atoms with Crippen LogP contribution in [0.15, 0.2) is 37.1 Å². The van der Waals surface area contributed by atoms with E-state index < -0.39 is 29.1 Å². The Morgan fingerprint density at radius 2 is 1.81 bits per heavy atom. The minimum absolute atomic E-state index is 0.0824. The number of aromatic nitrogens is 4. The third-order valence-electron chi connectivity index (χ3n) is 4.80. The summed E-state index contributed by atoms with van der Waals surface area (Å²) in [6.07, 6.45) is 7.71. The lowest BCUT2D eigenvalue weighted by Gasteiger charge is -2.16. The van der Waals surface area contributed by atoms with Crippen LogP contribution < -0.4 is 10.6 Å². The maximum absolute atomic E-state index is 14.6. The number of carbonyl (C=O) groups is 2. The zero-order chi connectivity index (χ0) is 22.8. The highest BCUT2D eigenvalue weighted by atomic mass is 19.2. The highest BCUT2D eigenvalue weighted by molar-refractivity contribution is 6.10. The van der Waals surface area contributed by atoms with Gasteiger partial charge in [0.05, 0.1) is 41.2 Å². The van der Waals surface area contributed by atoms with E-state index in [1.807, 2.05) is 0 Å². The standard InChI is InChI=1S/C21H19F2N7O2/c1-30(2)21(32)13-5-6-14(22)16(23)17(13)29-20(31)18-19(27-12-7-24-10-25-8-12)26-9-15(28-18)11-3-4-11/h5-11H,3-4H2,1-2H3,(H,26,27)(H,29,31). The number of carbonyl (C=O) groups excluding carboxylic acids is 2. The predicted molar refractivity (Wildman–Crippen MR) is 112 cm³/mol. The molecule has 0 atom stereocenters. The Labute approximate surface area is 181 Å². The molecule has 2 N–H and O–H groups in total. The Hall–Kier alpha value is -4.02. The zero-order valence-corrected chi connectivity index (χ0v) is 17.3. The number of nitrogens with zero attached hydrogens (tertiary/aromatic N) is 5. The molecule has 32 heavy (non-hydrogen) atoms. The van der Waals surface area contributed by atoms with Gasteiger partial charge in [-0.1, -0.05) is 0 Å². The first-order chi connectivity index (χ1) is 15.3. The minimum atomic E-state index is -1.34. The van der Waals surface area contributed by atoms with E-state index in [-0.39, 0.29) is 23.0 Å². The molecule has 0 radical (unpaired) electrons. The van der Waals surface area contributed by atoms with Gasteiger partial charge in [-0.2, -0.15) is 0 Å². The maximum Gasteiger partial charge on any atom is 0.278 e. The van der Waals surface area contributed by atoms with Crippen LogP contribution in [0.5, 0.6) is 0 Å². The highest BCUT2D eigenvalue weighted by Gasteiger charge is 2.29. The summed E-state index contributed by atoms with van der Waals surface area (Å²) in [7, 11) is 2.92. The van der Waals surface area contributed by atoms with Crippen molar-refractivity contribution in [2.75, 3.05) is 24.7 Å². The molecule has 1 aromatic carbocycles. The Kier molecular flexibility index (Phi) is 5.71. The summed E-state index contributed by atoms with van der Waals surface area (Å²) in [6.45, 7) is 0. The second-order valence-corrected chi connectivity index (χ2v) is 7.46. The Morgan fingerprint density at radius 1 is 1.09 bits per heavy atom. The molecule has 0 aliphatic heterocycles. The van der Waals surface area contributed by atoms with Gasteiger partial charge in [0.1, 0.15) is 6.33 Å². The lowest BCUT2D eigenvalue weighted by Crippen LogP contribution is -2.25. The molecule has 0 bridgehead atoms.